The Hall–Kier alpha value is -0.870. The summed E-state index contributed by atoms with van der Waals surface area (Å²) in [5, 5.41) is 2.92. The Labute approximate surface area is 121 Å². The van der Waals surface area contributed by atoms with Gasteiger partial charge in [-0.1, -0.05) is 28.1 Å². The molecule has 1 amide bonds. The summed E-state index contributed by atoms with van der Waals surface area (Å²) in [6, 6.07) is 6.28. The summed E-state index contributed by atoms with van der Waals surface area (Å²) in [7, 11) is 0. The second-order valence-electron chi connectivity index (χ2n) is 5.59. The number of amides is 1. The van der Waals surface area contributed by atoms with Gasteiger partial charge in [-0.15, -0.1) is 0 Å². The van der Waals surface area contributed by atoms with E-state index in [0.717, 1.165) is 31.6 Å². The number of hydrogen-bond acceptors (Lipinski definition) is 2. The maximum atomic E-state index is 11.4. The number of aryl methyl sites for hydroxylation is 1. The van der Waals surface area contributed by atoms with Gasteiger partial charge in [-0.2, -0.15) is 0 Å². The zero-order valence-corrected chi connectivity index (χ0v) is 12.6. The van der Waals surface area contributed by atoms with Crippen molar-refractivity contribution < 1.29 is 9.53 Å². The highest BCUT2D eigenvalue weighted by Gasteiger charge is 2.38. The van der Waals surface area contributed by atoms with Crippen molar-refractivity contribution >= 4 is 27.5 Å². The van der Waals surface area contributed by atoms with Crippen molar-refractivity contribution in [1.29, 1.82) is 0 Å². The molecule has 1 N–H and O–H groups in total. The van der Waals surface area contributed by atoms with Crippen LogP contribution in [0.15, 0.2) is 18.2 Å². The van der Waals surface area contributed by atoms with E-state index in [1.807, 2.05) is 6.07 Å². The summed E-state index contributed by atoms with van der Waals surface area (Å²) < 4.78 is 5.90. The van der Waals surface area contributed by atoms with Crippen LogP contribution in [0.25, 0.3) is 0 Å². The van der Waals surface area contributed by atoms with Gasteiger partial charge in [0.2, 0.25) is 5.91 Å². The third-order valence-electron chi connectivity index (χ3n) is 4.10. The molecule has 0 bridgehead atoms. The minimum Gasteiger partial charge on any atom is -0.374 e. The Balaban J connectivity index is 1.88. The normalized spacial score (nSPS) is 27.8. The van der Waals surface area contributed by atoms with Gasteiger partial charge in [0.15, 0.2) is 0 Å². The molecule has 1 saturated heterocycles. The molecule has 0 radical (unpaired) electrons. The van der Waals surface area contributed by atoms with Crippen LogP contribution >= 0.6 is 15.9 Å². The van der Waals surface area contributed by atoms with Crippen LogP contribution in [-0.2, 0) is 16.0 Å². The van der Waals surface area contributed by atoms with Gasteiger partial charge in [0.05, 0.1) is 10.4 Å². The van der Waals surface area contributed by atoms with E-state index in [1.165, 1.54) is 11.1 Å². The predicted molar refractivity (Wildman–Crippen MR) is 78.7 cm³/mol. The molecule has 2 aliphatic heterocycles. The topological polar surface area (TPSA) is 38.3 Å². The Bertz CT molecular complexity index is 509. The van der Waals surface area contributed by atoms with E-state index in [1.54, 1.807) is 0 Å². The van der Waals surface area contributed by atoms with Crippen molar-refractivity contribution in [2.45, 2.75) is 43.0 Å². The molecule has 2 aliphatic rings. The number of anilines is 1. The van der Waals surface area contributed by atoms with E-state index in [0.29, 0.717) is 6.42 Å². The van der Waals surface area contributed by atoms with Gasteiger partial charge in [-0.3, -0.25) is 4.79 Å². The van der Waals surface area contributed by atoms with Crippen LogP contribution in [0.4, 0.5) is 5.69 Å². The first-order valence-electron chi connectivity index (χ1n) is 6.79. The second-order valence-corrected chi connectivity index (χ2v) is 6.51. The first-order chi connectivity index (χ1) is 9.08. The Morgan fingerprint density at radius 3 is 3.00 bits per heavy atom. The van der Waals surface area contributed by atoms with Crippen LogP contribution in [0.3, 0.4) is 0 Å². The van der Waals surface area contributed by atoms with Gasteiger partial charge in [-0.25, -0.2) is 0 Å². The third-order valence-corrected chi connectivity index (χ3v) is 5.60. The van der Waals surface area contributed by atoms with Crippen LogP contribution in [0, 0.1) is 0 Å². The van der Waals surface area contributed by atoms with Crippen LogP contribution in [0.1, 0.15) is 42.1 Å². The average Bonchev–Trinajstić information content (AvgIpc) is 2.85. The summed E-state index contributed by atoms with van der Waals surface area (Å²) in [6.07, 6.45) is 3.61. The van der Waals surface area contributed by atoms with Crippen LogP contribution < -0.4 is 5.32 Å². The number of nitrogens with one attached hydrogen (secondary N) is 1. The highest BCUT2D eigenvalue weighted by atomic mass is 79.9. The molecule has 0 aromatic heterocycles. The van der Waals surface area contributed by atoms with Crippen LogP contribution in [0.2, 0.25) is 0 Å². The summed E-state index contributed by atoms with van der Waals surface area (Å²) in [4.78, 5) is 11.6. The average molecular weight is 324 g/mol. The van der Waals surface area contributed by atoms with E-state index in [2.05, 4.69) is 40.3 Å². The van der Waals surface area contributed by atoms with Crippen molar-refractivity contribution in [3.63, 3.8) is 0 Å². The lowest BCUT2D eigenvalue weighted by Gasteiger charge is -2.30. The van der Waals surface area contributed by atoms with Gasteiger partial charge in [0.1, 0.15) is 0 Å². The number of rotatable bonds is 2. The molecular formula is C15H18BrNO2. The summed E-state index contributed by atoms with van der Waals surface area (Å²) >= 11 is 3.80. The largest absolute Gasteiger partial charge is 0.374 e. The highest BCUT2D eigenvalue weighted by Crippen LogP contribution is 2.43. The molecule has 2 unspecified atom stereocenters. The number of hydrogen-bond donors (Lipinski definition) is 1. The fraction of sp³-hybridized carbons (Fsp3) is 0.533. The fourth-order valence-corrected chi connectivity index (χ4v) is 3.56. The standard InChI is InChI=1S/C15H18BrNO2/c1-15(7-2-8-19-15)14(16)11-3-5-12-10(9-11)4-6-13(18)17-12/h3,5,9,14H,2,4,6-8H2,1H3,(H,17,18). The summed E-state index contributed by atoms with van der Waals surface area (Å²) in [5.74, 6) is 0.113. The van der Waals surface area contributed by atoms with E-state index in [-0.39, 0.29) is 16.3 Å². The van der Waals surface area contributed by atoms with Crippen molar-refractivity contribution in [1.82, 2.24) is 0 Å². The number of benzene rings is 1. The molecule has 0 saturated carbocycles. The number of halogens is 1. The molecule has 19 heavy (non-hydrogen) atoms. The zero-order valence-electron chi connectivity index (χ0n) is 11.0. The molecule has 0 aliphatic carbocycles. The summed E-state index contributed by atoms with van der Waals surface area (Å²) in [5.41, 5.74) is 3.30. The van der Waals surface area contributed by atoms with Crippen molar-refractivity contribution in [2.24, 2.45) is 0 Å². The number of carbonyl (C=O) groups excluding carboxylic acids is 1. The Kier molecular flexibility index (Phi) is 3.39. The lowest BCUT2D eigenvalue weighted by atomic mass is 9.91. The van der Waals surface area contributed by atoms with E-state index in [9.17, 15) is 4.79 Å². The minimum atomic E-state index is -0.119. The molecule has 1 aromatic carbocycles. The lowest BCUT2D eigenvalue weighted by Crippen LogP contribution is -2.28. The first kappa shape index (κ1) is 13.1. The lowest BCUT2D eigenvalue weighted by molar-refractivity contribution is -0.116. The van der Waals surface area contributed by atoms with Crippen LogP contribution in [-0.4, -0.2) is 18.1 Å². The van der Waals surface area contributed by atoms with E-state index < -0.39 is 0 Å². The maximum Gasteiger partial charge on any atom is 0.224 e. The molecular weight excluding hydrogens is 306 g/mol. The number of fused-ring (bicyclic) bond motifs is 1. The zero-order chi connectivity index (χ0) is 13.5. The van der Waals surface area contributed by atoms with Gasteiger partial charge < -0.3 is 10.1 Å². The molecule has 3 nitrogen and oxygen atoms in total. The maximum absolute atomic E-state index is 11.4. The van der Waals surface area contributed by atoms with Gasteiger partial charge in [0, 0.05) is 18.7 Å². The monoisotopic (exact) mass is 323 g/mol. The molecule has 1 fully saturated rings. The molecule has 0 spiro atoms. The summed E-state index contributed by atoms with van der Waals surface area (Å²) in [6.45, 7) is 3.01. The predicted octanol–water partition coefficient (Wildman–Crippen LogP) is 3.58. The van der Waals surface area contributed by atoms with Gasteiger partial charge in [-0.05, 0) is 43.4 Å². The van der Waals surface area contributed by atoms with Crippen molar-refractivity contribution in [2.75, 3.05) is 11.9 Å². The Morgan fingerprint density at radius 1 is 1.42 bits per heavy atom. The third kappa shape index (κ3) is 2.43. The second kappa shape index (κ2) is 4.91. The van der Waals surface area contributed by atoms with Gasteiger partial charge >= 0.3 is 0 Å². The molecule has 2 heterocycles. The molecule has 102 valence electrons. The fourth-order valence-electron chi connectivity index (χ4n) is 2.91. The molecule has 1 aromatic rings. The smallest absolute Gasteiger partial charge is 0.224 e. The van der Waals surface area contributed by atoms with E-state index >= 15 is 0 Å². The molecule has 4 heteroatoms. The number of carbonyl (C=O) groups is 1. The Morgan fingerprint density at radius 2 is 2.26 bits per heavy atom. The SMILES string of the molecule is CC1(C(Br)c2ccc3c(c2)CCC(=O)N3)CCCO1. The number of alkyl halides is 1. The molecule has 3 rings (SSSR count). The minimum absolute atomic E-state index is 0.113. The van der Waals surface area contributed by atoms with Crippen molar-refractivity contribution in [3.8, 4) is 0 Å². The van der Waals surface area contributed by atoms with Crippen molar-refractivity contribution in [3.05, 3.63) is 29.3 Å². The van der Waals surface area contributed by atoms with Crippen LogP contribution in [0.5, 0.6) is 0 Å². The quantitative estimate of drug-likeness (QED) is 0.845. The highest BCUT2D eigenvalue weighted by molar-refractivity contribution is 9.09. The molecule has 2 atom stereocenters. The number of ether oxygens (including phenoxy) is 1. The first-order valence-corrected chi connectivity index (χ1v) is 7.71. The van der Waals surface area contributed by atoms with Gasteiger partial charge in [0.25, 0.3) is 0 Å². The van der Waals surface area contributed by atoms with E-state index in [4.69, 9.17) is 4.74 Å².